The van der Waals surface area contributed by atoms with E-state index in [9.17, 15) is 4.79 Å². The highest BCUT2D eigenvalue weighted by Crippen LogP contribution is 2.16. The van der Waals surface area contributed by atoms with E-state index in [1.165, 1.54) is 0 Å². The zero-order valence-electron chi connectivity index (χ0n) is 10.2. The molecule has 2 aliphatic heterocycles. The van der Waals surface area contributed by atoms with Gasteiger partial charge in [0.15, 0.2) is 0 Å². The summed E-state index contributed by atoms with van der Waals surface area (Å²) >= 11 is 0. The monoisotopic (exact) mass is 225 g/mol. The molecule has 4 heteroatoms. The first kappa shape index (κ1) is 11.9. The van der Waals surface area contributed by atoms with Crippen LogP contribution < -0.4 is 10.6 Å². The molecule has 2 saturated heterocycles. The largest absolute Gasteiger partial charge is 0.352 e. The lowest BCUT2D eigenvalue weighted by Gasteiger charge is -2.22. The van der Waals surface area contributed by atoms with Gasteiger partial charge in [-0.05, 0) is 51.9 Å². The van der Waals surface area contributed by atoms with E-state index < -0.39 is 0 Å². The van der Waals surface area contributed by atoms with Gasteiger partial charge in [-0.2, -0.15) is 0 Å². The summed E-state index contributed by atoms with van der Waals surface area (Å²) in [5.74, 6) is 0.854. The van der Waals surface area contributed by atoms with Gasteiger partial charge in [-0.1, -0.05) is 0 Å². The highest BCUT2D eigenvalue weighted by molar-refractivity contribution is 5.76. The average Bonchev–Trinajstić information content (AvgIpc) is 2.65. The van der Waals surface area contributed by atoms with Gasteiger partial charge in [-0.3, -0.25) is 4.79 Å². The molecule has 0 bridgehead atoms. The Morgan fingerprint density at radius 3 is 2.75 bits per heavy atom. The lowest BCUT2D eigenvalue weighted by Crippen LogP contribution is -2.38. The lowest BCUT2D eigenvalue weighted by molar-refractivity contribution is -0.122. The third-order valence-corrected chi connectivity index (χ3v) is 3.69. The summed E-state index contributed by atoms with van der Waals surface area (Å²) in [5, 5.41) is 6.48. The summed E-state index contributed by atoms with van der Waals surface area (Å²) in [5.41, 5.74) is 0. The number of nitrogens with zero attached hydrogens (tertiary/aromatic N) is 1. The van der Waals surface area contributed by atoms with Crippen molar-refractivity contribution in [1.29, 1.82) is 0 Å². The van der Waals surface area contributed by atoms with Gasteiger partial charge >= 0.3 is 0 Å². The van der Waals surface area contributed by atoms with Gasteiger partial charge in [0.05, 0.1) is 0 Å². The van der Waals surface area contributed by atoms with Crippen molar-refractivity contribution in [3.63, 3.8) is 0 Å². The maximum Gasteiger partial charge on any atom is 0.220 e. The van der Waals surface area contributed by atoms with Crippen molar-refractivity contribution in [3.8, 4) is 0 Å². The molecule has 2 heterocycles. The smallest absolute Gasteiger partial charge is 0.220 e. The van der Waals surface area contributed by atoms with E-state index in [-0.39, 0.29) is 5.91 Å². The fourth-order valence-corrected chi connectivity index (χ4v) is 2.69. The molecule has 1 unspecified atom stereocenters. The van der Waals surface area contributed by atoms with Gasteiger partial charge in [-0.15, -0.1) is 0 Å². The van der Waals surface area contributed by atoms with Crippen LogP contribution in [0.2, 0.25) is 0 Å². The van der Waals surface area contributed by atoms with Crippen LogP contribution in [0.5, 0.6) is 0 Å². The number of amides is 1. The minimum Gasteiger partial charge on any atom is -0.352 e. The number of likely N-dealkylation sites (N-methyl/N-ethyl adjacent to an activating group) is 1. The summed E-state index contributed by atoms with van der Waals surface area (Å²) in [7, 11) is 2.11. The molecule has 0 saturated carbocycles. The molecular weight excluding hydrogens is 202 g/mol. The highest BCUT2D eigenvalue weighted by atomic mass is 16.1. The molecule has 0 aromatic carbocycles. The van der Waals surface area contributed by atoms with Gasteiger partial charge in [0.1, 0.15) is 0 Å². The number of piperidine rings is 1. The Hall–Kier alpha value is -0.610. The molecule has 0 aromatic rings. The quantitative estimate of drug-likeness (QED) is 0.721. The highest BCUT2D eigenvalue weighted by Gasteiger charge is 2.23. The zero-order chi connectivity index (χ0) is 11.4. The standard InChI is InChI=1S/C12H23N3O/c1-15-7-4-11(9-15)14-12(16)8-10-2-5-13-6-3-10/h10-11,13H,2-9H2,1H3,(H,14,16). The fraction of sp³-hybridized carbons (Fsp3) is 0.917. The Morgan fingerprint density at radius 2 is 2.12 bits per heavy atom. The fourth-order valence-electron chi connectivity index (χ4n) is 2.69. The van der Waals surface area contributed by atoms with E-state index >= 15 is 0 Å². The number of hydrogen-bond acceptors (Lipinski definition) is 3. The molecule has 0 radical (unpaired) electrons. The topological polar surface area (TPSA) is 44.4 Å². The van der Waals surface area contributed by atoms with Gasteiger partial charge in [0.25, 0.3) is 0 Å². The lowest BCUT2D eigenvalue weighted by atomic mass is 9.94. The molecule has 1 atom stereocenters. The Labute approximate surface area is 97.8 Å². The maximum atomic E-state index is 11.8. The van der Waals surface area contributed by atoms with Crippen molar-refractivity contribution in [2.24, 2.45) is 5.92 Å². The molecule has 1 amide bonds. The van der Waals surface area contributed by atoms with Gasteiger partial charge in [-0.25, -0.2) is 0 Å². The van der Waals surface area contributed by atoms with Crippen LogP contribution in [0.25, 0.3) is 0 Å². The first-order valence-electron chi connectivity index (χ1n) is 6.42. The summed E-state index contributed by atoms with van der Waals surface area (Å²) in [6.07, 6.45) is 4.13. The Kier molecular flexibility index (Phi) is 4.18. The van der Waals surface area contributed by atoms with Crippen LogP contribution in [0.3, 0.4) is 0 Å². The molecule has 0 spiro atoms. The predicted octanol–water partition coefficient (Wildman–Crippen LogP) is 0.196. The van der Waals surface area contributed by atoms with Crippen LogP contribution in [0.4, 0.5) is 0 Å². The first-order valence-corrected chi connectivity index (χ1v) is 6.42. The van der Waals surface area contributed by atoms with Crippen molar-refractivity contribution in [2.45, 2.75) is 31.7 Å². The first-order chi connectivity index (χ1) is 7.74. The molecule has 2 aliphatic rings. The van der Waals surface area contributed by atoms with Crippen LogP contribution in [0.15, 0.2) is 0 Å². The molecule has 2 rings (SSSR count). The van der Waals surface area contributed by atoms with E-state index in [2.05, 4.69) is 22.6 Å². The zero-order valence-corrected chi connectivity index (χ0v) is 10.2. The normalized spacial score (nSPS) is 28.2. The minimum absolute atomic E-state index is 0.257. The third-order valence-electron chi connectivity index (χ3n) is 3.69. The predicted molar refractivity (Wildman–Crippen MR) is 64.3 cm³/mol. The molecule has 0 aliphatic carbocycles. The van der Waals surface area contributed by atoms with Crippen molar-refractivity contribution >= 4 is 5.91 Å². The number of carbonyl (C=O) groups is 1. The number of carbonyl (C=O) groups excluding carboxylic acids is 1. The van der Waals surface area contributed by atoms with Crippen LogP contribution in [0, 0.1) is 5.92 Å². The van der Waals surface area contributed by atoms with E-state index in [4.69, 9.17) is 0 Å². The summed E-state index contributed by atoms with van der Waals surface area (Å²) in [6.45, 7) is 4.27. The number of rotatable bonds is 3. The van der Waals surface area contributed by atoms with E-state index in [1.54, 1.807) is 0 Å². The second-order valence-electron chi connectivity index (χ2n) is 5.21. The van der Waals surface area contributed by atoms with Crippen LogP contribution in [-0.4, -0.2) is 50.1 Å². The molecule has 0 aromatic heterocycles. The van der Waals surface area contributed by atoms with E-state index in [0.29, 0.717) is 12.0 Å². The Balaban J connectivity index is 1.67. The second kappa shape index (κ2) is 5.64. The number of nitrogens with one attached hydrogen (secondary N) is 2. The Bertz CT molecular complexity index is 230. The second-order valence-corrected chi connectivity index (χ2v) is 5.21. The van der Waals surface area contributed by atoms with Crippen molar-refractivity contribution in [3.05, 3.63) is 0 Å². The third kappa shape index (κ3) is 3.46. The van der Waals surface area contributed by atoms with Crippen molar-refractivity contribution < 1.29 is 4.79 Å². The summed E-state index contributed by atoms with van der Waals surface area (Å²) in [4.78, 5) is 14.1. The molecule has 2 fully saturated rings. The van der Waals surface area contributed by atoms with E-state index in [0.717, 1.165) is 51.9 Å². The van der Waals surface area contributed by atoms with Crippen LogP contribution >= 0.6 is 0 Å². The van der Waals surface area contributed by atoms with Crippen LogP contribution in [-0.2, 0) is 4.79 Å². The van der Waals surface area contributed by atoms with E-state index in [1.807, 2.05) is 0 Å². The maximum absolute atomic E-state index is 11.8. The molecular formula is C12H23N3O. The van der Waals surface area contributed by atoms with Gasteiger partial charge < -0.3 is 15.5 Å². The van der Waals surface area contributed by atoms with Crippen LogP contribution in [0.1, 0.15) is 25.7 Å². The molecule has 92 valence electrons. The molecule has 2 N–H and O–H groups in total. The summed E-state index contributed by atoms with van der Waals surface area (Å²) < 4.78 is 0. The SMILES string of the molecule is CN1CCC(NC(=O)CC2CCNCC2)C1. The van der Waals surface area contributed by atoms with Gasteiger partial charge in [0.2, 0.25) is 5.91 Å². The van der Waals surface area contributed by atoms with Crippen molar-refractivity contribution in [2.75, 3.05) is 33.2 Å². The number of likely N-dealkylation sites (tertiary alicyclic amines) is 1. The summed E-state index contributed by atoms with van der Waals surface area (Å²) in [6, 6.07) is 0.388. The molecule has 16 heavy (non-hydrogen) atoms. The van der Waals surface area contributed by atoms with Crippen molar-refractivity contribution in [1.82, 2.24) is 15.5 Å². The number of hydrogen-bond donors (Lipinski definition) is 2. The van der Waals surface area contributed by atoms with Gasteiger partial charge in [0, 0.05) is 19.0 Å². The minimum atomic E-state index is 0.257. The average molecular weight is 225 g/mol. The Morgan fingerprint density at radius 1 is 1.38 bits per heavy atom. The molecule has 4 nitrogen and oxygen atoms in total.